The van der Waals surface area contributed by atoms with Gasteiger partial charge < -0.3 is 20.5 Å². The van der Waals surface area contributed by atoms with Crippen molar-refractivity contribution in [2.45, 2.75) is 32.2 Å². The van der Waals surface area contributed by atoms with Crippen LogP contribution in [0.25, 0.3) is 0 Å². The summed E-state index contributed by atoms with van der Waals surface area (Å²) in [6.07, 6.45) is 2.97. The van der Waals surface area contributed by atoms with Crippen LogP contribution >= 0.6 is 12.4 Å². The quantitative estimate of drug-likeness (QED) is 0.754. The van der Waals surface area contributed by atoms with Crippen molar-refractivity contribution in [3.63, 3.8) is 0 Å². The van der Waals surface area contributed by atoms with Gasteiger partial charge in [0.1, 0.15) is 0 Å². The summed E-state index contributed by atoms with van der Waals surface area (Å²) in [5, 5.41) is 3.07. The van der Waals surface area contributed by atoms with Crippen molar-refractivity contribution in [2.24, 2.45) is 0 Å². The van der Waals surface area contributed by atoms with E-state index in [1.54, 1.807) is 6.07 Å². The topological polar surface area (TPSA) is 73.6 Å². The highest BCUT2D eigenvalue weighted by molar-refractivity contribution is 5.85. The van der Waals surface area contributed by atoms with Crippen LogP contribution in [0.3, 0.4) is 0 Å². The standard InChI is InChI=1S/C20H24N2O3.ClH/c1-2-24-18-8-3-4-9-19(18)25-13-20(23)22-17-7-5-6-14-12-15(21)10-11-16(14)17;/h3-4,8-12,17H,2,5-7,13,21H2,1H3,(H,22,23);1H. The Morgan fingerprint density at radius 1 is 1.19 bits per heavy atom. The molecule has 0 spiro atoms. The fraction of sp³-hybridized carbons (Fsp3) is 0.350. The van der Waals surface area contributed by atoms with Gasteiger partial charge >= 0.3 is 0 Å². The molecule has 0 fully saturated rings. The van der Waals surface area contributed by atoms with Crippen LogP contribution in [0, 0.1) is 0 Å². The van der Waals surface area contributed by atoms with Crippen molar-refractivity contribution in [3.05, 3.63) is 53.6 Å². The summed E-state index contributed by atoms with van der Waals surface area (Å²) in [5.41, 5.74) is 9.00. The SMILES string of the molecule is CCOc1ccccc1OCC(=O)NC1CCCc2cc(N)ccc21.Cl. The molecule has 1 amide bonds. The zero-order valence-electron chi connectivity index (χ0n) is 14.9. The average Bonchev–Trinajstić information content (AvgIpc) is 2.61. The highest BCUT2D eigenvalue weighted by Crippen LogP contribution is 2.31. The van der Waals surface area contributed by atoms with E-state index < -0.39 is 0 Å². The second kappa shape index (κ2) is 9.34. The van der Waals surface area contributed by atoms with E-state index in [-0.39, 0.29) is 31.0 Å². The van der Waals surface area contributed by atoms with Crippen molar-refractivity contribution in [3.8, 4) is 11.5 Å². The number of amides is 1. The number of fused-ring (bicyclic) bond motifs is 1. The second-order valence-electron chi connectivity index (χ2n) is 6.14. The lowest BCUT2D eigenvalue weighted by molar-refractivity contribution is -0.124. The van der Waals surface area contributed by atoms with E-state index in [1.165, 1.54) is 5.56 Å². The molecule has 3 N–H and O–H groups in total. The molecule has 6 heteroatoms. The first-order valence-corrected chi connectivity index (χ1v) is 8.69. The van der Waals surface area contributed by atoms with E-state index in [4.69, 9.17) is 15.2 Å². The summed E-state index contributed by atoms with van der Waals surface area (Å²) < 4.78 is 11.2. The number of aryl methyl sites for hydroxylation is 1. The summed E-state index contributed by atoms with van der Waals surface area (Å²) in [6, 6.07) is 13.3. The van der Waals surface area contributed by atoms with E-state index >= 15 is 0 Å². The lowest BCUT2D eigenvalue weighted by Crippen LogP contribution is -2.34. The molecule has 1 aliphatic carbocycles. The number of ether oxygens (including phenoxy) is 2. The minimum absolute atomic E-state index is 0. The number of carbonyl (C=O) groups is 1. The third-order valence-electron chi connectivity index (χ3n) is 4.32. The zero-order valence-corrected chi connectivity index (χ0v) is 15.7. The molecule has 0 aliphatic heterocycles. The van der Waals surface area contributed by atoms with Gasteiger partial charge in [-0.2, -0.15) is 0 Å². The number of nitrogen functional groups attached to an aromatic ring is 1. The van der Waals surface area contributed by atoms with Crippen molar-refractivity contribution in [2.75, 3.05) is 18.9 Å². The smallest absolute Gasteiger partial charge is 0.258 e. The van der Waals surface area contributed by atoms with Crippen molar-refractivity contribution >= 4 is 24.0 Å². The molecule has 1 unspecified atom stereocenters. The van der Waals surface area contributed by atoms with Crippen LogP contribution in [0.4, 0.5) is 5.69 Å². The summed E-state index contributed by atoms with van der Waals surface area (Å²) in [7, 11) is 0. The van der Waals surface area contributed by atoms with Gasteiger partial charge in [0.2, 0.25) is 0 Å². The van der Waals surface area contributed by atoms with E-state index in [0.29, 0.717) is 18.1 Å². The maximum Gasteiger partial charge on any atom is 0.258 e. The number of halogens is 1. The monoisotopic (exact) mass is 376 g/mol. The van der Waals surface area contributed by atoms with Gasteiger partial charge in [0.15, 0.2) is 18.1 Å². The van der Waals surface area contributed by atoms with Crippen LogP contribution in [-0.4, -0.2) is 19.1 Å². The number of nitrogens with two attached hydrogens (primary N) is 1. The number of para-hydroxylation sites is 2. The average molecular weight is 377 g/mol. The molecule has 0 heterocycles. The first-order chi connectivity index (χ1) is 12.2. The predicted molar refractivity (Wildman–Crippen MR) is 105 cm³/mol. The molecule has 0 saturated heterocycles. The van der Waals surface area contributed by atoms with Gasteiger partial charge in [-0.1, -0.05) is 18.2 Å². The van der Waals surface area contributed by atoms with E-state index in [9.17, 15) is 4.79 Å². The summed E-state index contributed by atoms with van der Waals surface area (Å²) in [5.74, 6) is 1.09. The van der Waals surface area contributed by atoms with Crippen molar-refractivity contribution in [1.82, 2.24) is 5.32 Å². The molecular formula is C20H25ClN2O3. The highest BCUT2D eigenvalue weighted by Gasteiger charge is 2.22. The molecule has 0 saturated carbocycles. The number of anilines is 1. The maximum absolute atomic E-state index is 12.3. The Labute approximate surface area is 160 Å². The number of hydrogen-bond donors (Lipinski definition) is 2. The minimum Gasteiger partial charge on any atom is -0.490 e. The fourth-order valence-electron chi connectivity index (χ4n) is 3.21. The minimum atomic E-state index is -0.138. The van der Waals surface area contributed by atoms with Gasteiger partial charge in [0.25, 0.3) is 5.91 Å². The number of benzene rings is 2. The Morgan fingerprint density at radius 2 is 1.92 bits per heavy atom. The molecule has 1 aliphatic rings. The van der Waals surface area contributed by atoms with Crippen LogP contribution in [0.1, 0.15) is 36.9 Å². The van der Waals surface area contributed by atoms with Crippen molar-refractivity contribution in [1.29, 1.82) is 0 Å². The molecule has 2 aromatic rings. The molecular weight excluding hydrogens is 352 g/mol. The normalized spacial score (nSPS) is 15.3. The van der Waals surface area contributed by atoms with Crippen LogP contribution in [0.15, 0.2) is 42.5 Å². The Kier molecular flexibility index (Phi) is 7.16. The van der Waals surface area contributed by atoms with Crippen LogP contribution < -0.4 is 20.5 Å². The second-order valence-corrected chi connectivity index (χ2v) is 6.14. The Morgan fingerprint density at radius 3 is 2.65 bits per heavy atom. The Balaban J connectivity index is 0.00000243. The van der Waals surface area contributed by atoms with Gasteiger partial charge in [-0.05, 0) is 61.6 Å². The molecule has 0 bridgehead atoms. The molecule has 0 radical (unpaired) electrons. The first kappa shape index (κ1) is 19.9. The molecule has 0 aromatic heterocycles. The molecule has 3 rings (SSSR count). The molecule has 140 valence electrons. The fourth-order valence-corrected chi connectivity index (χ4v) is 3.21. The summed E-state index contributed by atoms with van der Waals surface area (Å²) in [6.45, 7) is 2.43. The van der Waals surface area contributed by atoms with Gasteiger partial charge in [-0.3, -0.25) is 4.79 Å². The van der Waals surface area contributed by atoms with Gasteiger partial charge in [0, 0.05) is 5.69 Å². The summed E-state index contributed by atoms with van der Waals surface area (Å²) in [4.78, 5) is 12.3. The lowest BCUT2D eigenvalue weighted by Gasteiger charge is -2.26. The van der Waals surface area contributed by atoms with E-state index in [1.807, 2.05) is 43.3 Å². The maximum atomic E-state index is 12.3. The van der Waals surface area contributed by atoms with Gasteiger partial charge in [-0.15, -0.1) is 12.4 Å². The first-order valence-electron chi connectivity index (χ1n) is 8.69. The highest BCUT2D eigenvalue weighted by atomic mass is 35.5. The third-order valence-corrected chi connectivity index (χ3v) is 4.32. The number of nitrogens with one attached hydrogen (secondary N) is 1. The van der Waals surface area contributed by atoms with Crippen LogP contribution in [0.5, 0.6) is 11.5 Å². The lowest BCUT2D eigenvalue weighted by atomic mass is 9.87. The van der Waals surface area contributed by atoms with E-state index in [0.717, 1.165) is 30.5 Å². The molecule has 5 nitrogen and oxygen atoms in total. The van der Waals surface area contributed by atoms with E-state index in [2.05, 4.69) is 5.32 Å². The van der Waals surface area contributed by atoms with Crippen LogP contribution in [-0.2, 0) is 11.2 Å². The Bertz CT molecular complexity index is 752. The Hall–Kier alpha value is -2.40. The third kappa shape index (κ3) is 4.82. The van der Waals surface area contributed by atoms with Crippen molar-refractivity contribution < 1.29 is 14.3 Å². The number of rotatable bonds is 6. The predicted octanol–water partition coefficient (Wildman–Crippen LogP) is 3.66. The molecule has 26 heavy (non-hydrogen) atoms. The van der Waals surface area contributed by atoms with Gasteiger partial charge in [0.05, 0.1) is 12.6 Å². The van der Waals surface area contributed by atoms with Gasteiger partial charge in [-0.25, -0.2) is 0 Å². The molecule has 1 atom stereocenters. The number of hydrogen-bond acceptors (Lipinski definition) is 4. The summed E-state index contributed by atoms with van der Waals surface area (Å²) >= 11 is 0. The largest absolute Gasteiger partial charge is 0.490 e. The zero-order chi connectivity index (χ0) is 17.6. The van der Waals surface area contributed by atoms with Crippen LogP contribution in [0.2, 0.25) is 0 Å². The molecule has 2 aromatic carbocycles. The number of carbonyl (C=O) groups excluding carboxylic acids is 1.